The fourth-order valence-corrected chi connectivity index (χ4v) is 1.02. The fourth-order valence-electron chi connectivity index (χ4n) is 1.02. The second-order valence-electron chi connectivity index (χ2n) is 2.94. The second-order valence-corrected chi connectivity index (χ2v) is 2.94. The molecule has 1 heterocycles. The van der Waals surface area contributed by atoms with E-state index >= 15 is 0 Å². The first kappa shape index (κ1) is 10.5. The minimum atomic E-state index is -0.458. The van der Waals surface area contributed by atoms with Crippen LogP contribution >= 0.6 is 0 Å². The minimum absolute atomic E-state index is 0.283. The number of carbonyl (C=O) groups is 1. The molecule has 0 atom stereocenters. The van der Waals surface area contributed by atoms with E-state index in [4.69, 9.17) is 9.15 Å². The molecular formula is C10H12O4. The van der Waals surface area contributed by atoms with Gasteiger partial charge in [0.1, 0.15) is 11.5 Å². The van der Waals surface area contributed by atoms with Crippen molar-refractivity contribution in [1.29, 1.82) is 0 Å². The SMILES string of the molecule is CCc1cc(OC(C)=O)c(C)c(=O)o1. The molecule has 0 saturated heterocycles. The van der Waals surface area contributed by atoms with Gasteiger partial charge in [0.25, 0.3) is 0 Å². The number of carbonyl (C=O) groups excluding carboxylic acids is 1. The average molecular weight is 196 g/mol. The Kier molecular flexibility index (Phi) is 3.06. The predicted molar refractivity (Wildman–Crippen MR) is 50.4 cm³/mol. The number of hydrogen-bond donors (Lipinski definition) is 0. The van der Waals surface area contributed by atoms with Gasteiger partial charge in [-0.25, -0.2) is 4.79 Å². The summed E-state index contributed by atoms with van der Waals surface area (Å²) in [7, 11) is 0. The molecule has 0 saturated carbocycles. The van der Waals surface area contributed by atoms with E-state index in [9.17, 15) is 9.59 Å². The van der Waals surface area contributed by atoms with Gasteiger partial charge in [-0.2, -0.15) is 0 Å². The number of aryl methyl sites for hydroxylation is 1. The van der Waals surface area contributed by atoms with Gasteiger partial charge < -0.3 is 9.15 Å². The first-order chi connectivity index (χ1) is 6.54. The lowest BCUT2D eigenvalue weighted by Crippen LogP contribution is -2.11. The fraction of sp³-hybridized carbons (Fsp3) is 0.400. The molecule has 1 aromatic rings. The summed E-state index contributed by atoms with van der Waals surface area (Å²) in [6.45, 7) is 4.70. The Balaban J connectivity index is 3.20. The van der Waals surface area contributed by atoms with Gasteiger partial charge in [0, 0.05) is 19.4 Å². The molecule has 0 unspecified atom stereocenters. The molecule has 4 nitrogen and oxygen atoms in total. The molecule has 0 N–H and O–H groups in total. The van der Waals surface area contributed by atoms with Crippen LogP contribution in [0.3, 0.4) is 0 Å². The maximum Gasteiger partial charge on any atom is 0.342 e. The van der Waals surface area contributed by atoms with Gasteiger partial charge in [-0.15, -0.1) is 0 Å². The Morgan fingerprint density at radius 2 is 2.21 bits per heavy atom. The summed E-state index contributed by atoms with van der Waals surface area (Å²) in [5.74, 6) is 0.350. The van der Waals surface area contributed by atoms with E-state index in [0.29, 0.717) is 17.7 Å². The van der Waals surface area contributed by atoms with Crippen molar-refractivity contribution in [2.75, 3.05) is 0 Å². The van der Waals surface area contributed by atoms with Crippen LogP contribution in [0, 0.1) is 6.92 Å². The van der Waals surface area contributed by atoms with Crippen molar-refractivity contribution < 1.29 is 13.9 Å². The molecule has 0 amide bonds. The van der Waals surface area contributed by atoms with E-state index in [2.05, 4.69) is 0 Å². The van der Waals surface area contributed by atoms with Crippen molar-refractivity contribution in [3.63, 3.8) is 0 Å². The number of rotatable bonds is 2. The Morgan fingerprint density at radius 1 is 1.57 bits per heavy atom. The molecule has 76 valence electrons. The van der Waals surface area contributed by atoms with Crippen LogP contribution < -0.4 is 10.4 Å². The summed E-state index contributed by atoms with van der Waals surface area (Å²) in [5.41, 5.74) is -0.141. The largest absolute Gasteiger partial charge is 0.427 e. The highest BCUT2D eigenvalue weighted by Crippen LogP contribution is 2.16. The topological polar surface area (TPSA) is 56.5 Å². The number of hydrogen-bond acceptors (Lipinski definition) is 4. The lowest BCUT2D eigenvalue weighted by atomic mass is 10.2. The zero-order valence-corrected chi connectivity index (χ0v) is 8.42. The van der Waals surface area contributed by atoms with Crippen LogP contribution in [0.5, 0.6) is 5.75 Å². The summed E-state index contributed by atoms with van der Waals surface area (Å²) < 4.78 is 9.80. The van der Waals surface area contributed by atoms with Crippen molar-refractivity contribution in [1.82, 2.24) is 0 Å². The van der Waals surface area contributed by atoms with Crippen molar-refractivity contribution in [3.05, 3.63) is 27.8 Å². The third-order valence-corrected chi connectivity index (χ3v) is 1.79. The lowest BCUT2D eigenvalue weighted by Gasteiger charge is -2.04. The van der Waals surface area contributed by atoms with Crippen LogP contribution in [0.4, 0.5) is 0 Å². The van der Waals surface area contributed by atoms with Gasteiger partial charge in [-0.05, 0) is 6.92 Å². The van der Waals surface area contributed by atoms with Gasteiger partial charge in [-0.1, -0.05) is 6.92 Å². The minimum Gasteiger partial charge on any atom is -0.427 e. The molecule has 1 aromatic heterocycles. The van der Waals surface area contributed by atoms with Crippen LogP contribution in [0.25, 0.3) is 0 Å². The third-order valence-electron chi connectivity index (χ3n) is 1.79. The molecule has 0 aliphatic rings. The average Bonchev–Trinajstić information content (AvgIpc) is 2.11. The summed E-state index contributed by atoms with van der Waals surface area (Å²) in [6.07, 6.45) is 0.587. The summed E-state index contributed by atoms with van der Waals surface area (Å²) in [6, 6.07) is 1.57. The molecule has 4 heteroatoms. The van der Waals surface area contributed by atoms with E-state index in [1.54, 1.807) is 13.0 Å². The first-order valence-corrected chi connectivity index (χ1v) is 4.36. The molecule has 0 aliphatic carbocycles. The molecular weight excluding hydrogens is 184 g/mol. The monoisotopic (exact) mass is 196 g/mol. The van der Waals surface area contributed by atoms with E-state index < -0.39 is 11.6 Å². The number of esters is 1. The molecule has 0 radical (unpaired) electrons. The Morgan fingerprint density at radius 3 is 2.71 bits per heavy atom. The summed E-state index contributed by atoms with van der Waals surface area (Å²) >= 11 is 0. The highest BCUT2D eigenvalue weighted by atomic mass is 16.5. The summed E-state index contributed by atoms with van der Waals surface area (Å²) in [4.78, 5) is 22.0. The van der Waals surface area contributed by atoms with Gasteiger partial charge >= 0.3 is 11.6 Å². The van der Waals surface area contributed by atoms with Crippen LogP contribution in [0.2, 0.25) is 0 Å². The quantitative estimate of drug-likeness (QED) is 0.671. The highest BCUT2D eigenvalue weighted by molar-refractivity contribution is 5.69. The van der Waals surface area contributed by atoms with Crippen LogP contribution in [0.1, 0.15) is 25.2 Å². The van der Waals surface area contributed by atoms with Crippen LogP contribution in [0.15, 0.2) is 15.3 Å². The molecule has 0 bridgehead atoms. The second kappa shape index (κ2) is 4.09. The zero-order chi connectivity index (χ0) is 10.7. The van der Waals surface area contributed by atoms with Crippen molar-refractivity contribution >= 4 is 5.97 Å². The van der Waals surface area contributed by atoms with Crippen molar-refractivity contribution in [2.24, 2.45) is 0 Å². The molecule has 0 aliphatic heterocycles. The van der Waals surface area contributed by atoms with Gasteiger partial charge in [0.15, 0.2) is 0 Å². The Labute approximate surface area is 81.5 Å². The zero-order valence-electron chi connectivity index (χ0n) is 8.42. The van der Waals surface area contributed by atoms with Crippen molar-refractivity contribution in [2.45, 2.75) is 27.2 Å². The highest BCUT2D eigenvalue weighted by Gasteiger charge is 2.09. The normalized spacial score (nSPS) is 9.93. The molecule has 1 rings (SSSR count). The van der Waals surface area contributed by atoms with E-state index in [-0.39, 0.29) is 5.75 Å². The predicted octanol–water partition coefficient (Wildman–Crippen LogP) is 1.44. The standard InChI is InChI=1S/C10H12O4/c1-4-8-5-9(13-7(3)11)6(2)10(12)14-8/h5H,4H2,1-3H3. The van der Waals surface area contributed by atoms with E-state index in [0.717, 1.165) is 0 Å². The van der Waals surface area contributed by atoms with Gasteiger partial charge in [-0.3, -0.25) is 4.79 Å². The van der Waals surface area contributed by atoms with Crippen LogP contribution in [-0.4, -0.2) is 5.97 Å². The Hall–Kier alpha value is -1.58. The first-order valence-electron chi connectivity index (χ1n) is 4.36. The molecule has 14 heavy (non-hydrogen) atoms. The summed E-state index contributed by atoms with van der Waals surface area (Å²) in [5, 5.41) is 0. The third kappa shape index (κ3) is 2.22. The molecule has 0 aromatic carbocycles. The van der Waals surface area contributed by atoms with Crippen LogP contribution in [-0.2, 0) is 11.2 Å². The van der Waals surface area contributed by atoms with Gasteiger partial charge in [0.05, 0.1) is 5.56 Å². The maximum atomic E-state index is 11.2. The van der Waals surface area contributed by atoms with E-state index in [1.165, 1.54) is 6.92 Å². The lowest BCUT2D eigenvalue weighted by molar-refractivity contribution is -0.131. The molecule has 0 spiro atoms. The van der Waals surface area contributed by atoms with Crippen molar-refractivity contribution in [3.8, 4) is 5.75 Å². The maximum absolute atomic E-state index is 11.2. The van der Waals surface area contributed by atoms with Gasteiger partial charge in [0.2, 0.25) is 0 Å². The number of ether oxygens (including phenoxy) is 1. The molecule has 0 fully saturated rings. The van der Waals surface area contributed by atoms with E-state index in [1.807, 2.05) is 6.92 Å². The smallest absolute Gasteiger partial charge is 0.342 e. The Bertz CT molecular complexity index is 403.